The van der Waals surface area contributed by atoms with Crippen LogP contribution in [0.15, 0.2) is 35.4 Å². The number of carbonyl (C=O) groups is 1. The van der Waals surface area contributed by atoms with Crippen molar-refractivity contribution in [3.05, 3.63) is 30.3 Å². The summed E-state index contributed by atoms with van der Waals surface area (Å²) in [5, 5.41) is 3.63. The lowest BCUT2D eigenvalue weighted by Crippen LogP contribution is -2.21. The molecule has 0 radical (unpaired) electrons. The van der Waals surface area contributed by atoms with Crippen molar-refractivity contribution in [1.29, 1.82) is 0 Å². The van der Waals surface area contributed by atoms with Gasteiger partial charge in [0.15, 0.2) is 0 Å². The topological polar surface area (TPSA) is 76.7 Å². The second-order valence-electron chi connectivity index (χ2n) is 2.70. The average Bonchev–Trinajstić information content (AvgIpc) is 2.26. The van der Waals surface area contributed by atoms with Crippen molar-refractivity contribution in [2.75, 3.05) is 6.54 Å². The summed E-state index contributed by atoms with van der Waals surface area (Å²) in [5.41, 5.74) is 7.45. The summed E-state index contributed by atoms with van der Waals surface area (Å²) in [4.78, 5) is 11.1. The lowest BCUT2D eigenvalue weighted by Gasteiger charge is -2.01. The van der Waals surface area contributed by atoms with Gasteiger partial charge in [0.05, 0.1) is 0 Å². The third-order valence-corrected chi connectivity index (χ3v) is 1.50. The number of nitrogens with zero attached hydrogens (tertiary/aromatic N) is 1. The van der Waals surface area contributed by atoms with Crippen molar-refractivity contribution in [2.45, 2.75) is 6.42 Å². The van der Waals surface area contributed by atoms with Crippen LogP contribution in [-0.4, -0.2) is 18.9 Å². The quantitative estimate of drug-likeness (QED) is 0.573. The van der Waals surface area contributed by atoms with Crippen molar-refractivity contribution < 1.29 is 9.53 Å². The molecule has 3 N–H and O–H groups in total. The maximum absolute atomic E-state index is 11.1. The highest BCUT2D eigenvalue weighted by Crippen LogP contribution is 2.07. The molecule has 0 fully saturated rings. The minimum absolute atomic E-state index is 0.476. The highest BCUT2D eigenvalue weighted by molar-refractivity contribution is 5.71. The van der Waals surface area contributed by atoms with Crippen LogP contribution in [0.2, 0.25) is 0 Å². The van der Waals surface area contributed by atoms with E-state index in [2.05, 4.69) is 10.5 Å². The Morgan fingerprint density at radius 2 is 2.20 bits per heavy atom. The predicted octanol–water partition coefficient (Wildman–Crippen LogP) is 1.11. The van der Waals surface area contributed by atoms with Crippen molar-refractivity contribution in [3.8, 4) is 5.75 Å². The summed E-state index contributed by atoms with van der Waals surface area (Å²) < 4.78 is 4.90. The Morgan fingerprint density at radius 1 is 1.47 bits per heavy atom. The maximum atomic E-state index is 11.1. The van der Waals surface area contributed by atoms with E-state index in [1.54, 1.807) is 24.3 Å². The Morgan fingerprint density at radius 3 is 2.87 bits per heavy atom. The third-order valence-electron chi connectivity index (χ3n) is 1.50. The van der Waals surface area contributed by atoms with E-state index in [1.807, 2.05) is 6.07 Å². The van der Waals surface area contributed by atoms with Gasteiger partial charge < -0.3 is 10.5 Å². The summed E-state index contributed by atoms with van der Waals surface area (Å²) >= 11 is 0. The number of carbonyl (C=O) groups excluding carboxylic acids is 1. The van der Waals surface area contributed by atoms with Gasteiger partial charge in [0.25, 0.3) is 0 Å². The first-order valence-electron chi connectivity index (χ1n) is 4.57. The van der Waals surface area contributed by atoms with E-state index in [1.165, 1.54) is 6.21 Å². The number of ether oxygens (including phenoxy) is 1. The number of nitrogens with one attached hydrogen (secondary N) is 1. The van der Waals surface area contributed by atoms with Crippen molar-refractivity contribution in [1.82, 2.24) is 5.43 Å². The van der Waals surface area contributed by atoms with Crippen LogP contribution in [0.5, 0.6) is 5.75 Å². The fourth-order valence-corrected chi connectivity index (χ4v) is 0.856. The maximum Gasteiger partial charge on any atom is 0.433 e. The van der Waals surface area contributed by atoms with E-state index in [0.29, 0.717) is 18.7 Å². The molecule has 1 aromatic rings. The summed E-state index contributed by atoms with van der Waals surface area (Å²) in [6.07, 6.45) is 1.52. The minimum atomic E-state index is -0.616. The fourth-order valence-electron chi connectivity index (χ4n) is 0.856. The zero-order valence-electron chi connectivity index (χ0n) is 8.22. The van der Waals surface area contributed by atoms with Crippen LogP contribution < -0.4 is 15.9 Å². The second kappa shape index (κ2) is 6.56. The molecular weight excluding hydrogens is 194 g/mol. The molecule has 0 aliphatic carbocycles. The molecule has 1 rings (SSSR count). The van der Waals surface area contributed by atoms with Gasteiger partial charge in [-0.3, -0.25) is 0 Å². The summed E-state index contributed by atoms with van der Waals surface area (Å²) in [6, 6.07) is 8.76. The van der Waals surface area contributed by atoms with Crippen LogP contribution in [0.3, 0.4) is 0 Å². The number of nitrogens with two attached hydrogens (primary N) is 1. The minimum Gasteiger partial charge on any atom is -0.409 e. The molecule has 0 aromatic heterocycles. The monoisotopic (exact) mass is 207 g/mol. The Balaban J connectivity index is 2.31. The van der Waals surface area contributed by atoms with E-state index >= 15 is 0 Å². The number of rotatable bonds is 4. The van der Waals surface area contributed by atoms with Crippen LogP contribution in [0.4, 0.5) is 4.79 Å². The molecule has 0 saturated carbocycles. The largest absolute Gasteiger partial charge is 0.433 e. The first kappa shape index (κ1) is 11.2. The summed E-state index contributed by atoms with van der Waals surface area (Å²) in [5.74, 6) is 0.476. The van der Waals surface area contributed by atoms with E-state index in [0.717, 1.165) is 0 Å². The molecule has 5 nitrogen and oxygen atoms in total. The molecule has 80 valence electrons. The van der Waals surface area contributed by atoms with Crippen LogP contribution >= 0.6 is 0 Å². The molecular formula is C10H13N3O2. The Labute approximate surface area is 87.9 Å². The number of para-hydroxylation sites is 1. The molecule has 0 heterocycles. The molecule has 15 heavy (non-hydrogen) atoms. The first-order valence-corrected chi connectivity index (χ1v) is 4.57. The van der Waals surface area contributed by atoms with Crippen molar-refractivity contribution >= 4 is 12.3 Å². The molecule has 0 aliphatic rings. The molecule has 1 aromatic carbocycles. The van der Waals surface area contributed by atoms with Gasteiger partial charge in [-0.25, -0.2) is 10.2 Å². The Hall–Kier alpha value is -1.88. The molecule has 1 amide bonds. The van der Waals surface area contributed by atoms with Gasteiger partial charge in [0.2, 0.25) is 0 Å². The van der Waals surface area contributed by atoms with Gasteiger partial charge >= 0.3 is 6.09 Å². The van der Waals surface area contributed by atoms with Gasteiger partial charge in [-0.05, 0) is 25.1 Å². The highest BCUT2D eigenvalue weighted by Gasteiger charge is 2.00. The molecule has 0 bridgehead atoms. The molecule has 5 heteroatoms. The number of amides is 1. The van der Waals surface area contributed by atoms with E-state index in [4.69, 9.17) is 10.5 Å². The van der Waals surface area contributed by atoms with Gasteiger partial charge in [-0.1, -0.05) is 18.2 Å². The van der Waals surface area contributed by atoms with E-state index in [-0.39, 0.29) is 0 Å². The first-order chi connectivity index (χ1) is 7.33. The van der Waals surface area contributed by atoms with Crippen LogP contribution in [0.1, 0.15) is 6.42 Å². The molecule has 0 spiro atoms. The molecule has 0 atom stereocenters. The Kier molecular flexibility index (Phi) is 4.89. The zero-order chi connectivity index (χ0) is 10.9. The summed E-state index contributed by atoms with van der Waals surface area (Å²) in [7, 11) is 0. The average molecular weight is 207 g/mol. The van der Waals surface area contributed by atoms with Gasteiger partial charge in [-0.15, -0.1) is 0 Å². The van der Waals surface area contributed by atoms with Crippen LogP contribution in [0, 0.1) is 0 Å². The summed E-state index contributed by atoms with van der Waals surface area (Å²) in [6.45, 7) is 0.499. The SMILES string of the molecule is NCC/C=N/NC(=O)Oc1ccccc1. The fraction of sp³-hybridized carbons (Fsp3) is 0.200. The highest BCUT2D eigenvalue weighted by atomic mass is 16.6. The molecule has 0 unspecified atom stereocenters. The van der Waals surface area contributed by atoms with Gasteiger partial charge in [-0.2, -0.15) is 5.10 Å². The number of hydrazone groups is 1. The lowest BCUT2D eigenvalue weighted by atomic mass is 10.3. The van der Waals surface area contributed by atoms with Crippen LogP contribution in [-0.2, 0) is 0 Å². The molecule has 0 saturated heterocycles. The van der Waals surface area contributed by atoms with Crippen molar-refractivity contribution in [3.63, 3.8) is 0 Å². The number of hydrogen-bond donors (Lipinski definition) is 2. The smallest absolute Gasteiger partial charge is 0.409 e. The van der Waals surface area contributed by atoms with Crippen molar-refractivity contribution in [2.24, 2.45) is 10.8 Å². The normalized spacial score (nSPS) is 10.2. The number of benzene rings is 1. The van der Waals surface area contributed by atoms with E-state index < -0.39 is 6.09 Å². The van der Waals surface area contributed by atoms with Gasteiger partial charge in [0.1, 0.15) is 5.75 Å². The third kappa shape index (κ3) is 4.78. The number of hydrogen-bond acceptors (Lipinski definition) is 4. The van der Waals surface area contributed by atoms with E-state index in [9.17, 15) is 4.79 Å². The second-order valence-corrected chi connectivity index (χ2v) is 2.70. The van der Waals surface area contributed by atoms with Gasteiger partial charge in [0, 0.05) is 6.21 Å². The predicted molar refractivity (Wildman–Crippen MR) is 57.8 cm³/mol. The molecule has 0 aliphatic heterocycles. The Bertz CT molecular complexity index is 325. The van der Waals surface area contributed by atoms with Crippen LogP contribution in [0.25, 0.3) is 0 Å². The zero-order valence-corrected chi connectivity index (χ0v) is 8.22. The standard InChI is InChI=1S/C10H13N3O2/c11-7-4-8-12-13-10(14)15-9-5-2-1-3-6-9/h1-3,5-6,8H,4,7,11H2,(H,13,14)/b12-8+. The lowest BCUT2D eigenvalue weighted by molar-refractivity contribution is 0.201.